The van der Waals surface area contributed by atoms with Crippen LogP contribution in [-0.2, 0) is 9.53 Å². The van der Waals surface area contributed by atoms with E-state index in [0.717, 1.165) is 33.0 Å². The van der Waals surface area contributed by atoms with Gasteiger partial charge in [-0.25, -0.2) is 4.79 Å². The highest BCUT2D eigenvalue weighted by molar-refractivity contribution is 6.10. The Hall–Kier alpha value is -3.92. The standard InChI is InChI=1S/C26H20O4/c1-17(27)30-24-16-23(26(28)29-2)25(22-11-7-6-10-21(22)24)20-14-12-19(13-15-20)18-8-4-3-5-9-18/h3-16H,1-2H3. The van der Waals surface area contributed by atoms with Crippen molar-refractivity contribution in [1.82, 2.24) is 0 Å². The van der Waals surface area contributed by atoms with E-state index in [1.807, 2.05) is 66.7 Å². The van der Waals surface area contributed by atoms with E-state index < -0.39 is 11.9 Å². The van der Waals surface area contributed by atoms with Crippen molar-refractivity contribution in [2.24, 2.45) is 0 Å². The molecule has 4 rings (SSSR count). The van der Waals surface area contributed by atoms with Gasteiger partial charge in [-0.3, -0.25) is 4.79 Å². The zero-order valence-corrected chi connectivity index (χ0v) is 16.7. The van der Waals surface area contributed by atoms with Crippen molar-refractivity contribution in [3.63, 3.8) is 0 Å². The summed E-state index contributed by atoms with van der Waals surface area (Å²) in [6, 6.07) is 27.2. The van der Waals surface area contributed by atoms with Gasteiger partial charge in [0.2, 0.25) is 0 Å². The molecule has 4 heteroatoms. The average molecular weight is 396 g/mol. The number of ether oxygens (including phenoxy) is 2. The first-order valence-electron chi connectivity index (χ1n) is 9.57. The van der Waals surface area contributed by atoms with Gasteiger partial charge in [0, 0.05) is 17.9 Å². The van der Waals surface area contributed by atoms with Gasteiger partial charge >= 0.3 is 11.9 Å². The second-order valence-corrected chi connectivity index (χ2v) is 6.87. The molecule has 0 N–H and O–H groups in total. The summed E-state index contributed by atoms with van der Waals surface area (Å²) in [6.45, 7) is 1.34. The number of methoxy groups -OCH3 is 1. The molecular weight excluding hydrogens is 376 g/mol. The molecule has 0 heterocycles. The van der Waals surface area contributed by atoms with Crippen LogP contribution in [0.1, 0.15) is 17.3 Å². The molecule has 0 unspecified atom stereocenters. The molecule has 0 bridgehead atoms. The molecule has 0 saturated carbocycles. The number of esters is 2. The minimum absolute atomic E-state index is 0.336. The predicted octanol–water partition coefficient (Wildman–Crippen LogP) is 5.89. The van der Waals surface area contributed by atoms with Crippen LogP contribution in [0.3, 0.4) is 0 Å². The van der Waals surface area contributed by atoms with E-state index in [2.05, 4.69) is 12.1 Å². The van der Waals surface area contributed by atoms with E-state index >= 15 is 0 Å². The zero-order valence-electron chi connectivity index (χ0n) is 16.7. The van der Waals surface area contributed by atoms with Crippen LogP contribution in [-0.4, -0.2) is 19.0 Å². The highest BCUT2D eigenvalue weighted by Gasteiger charge is 2.20. The molecule has 148 valence electrons. The fraction of sp³-hybridized carbons (Fsp3) is 0.0769. The predicted molar refractivity (Wildman–Crippen MR) is 117 cm³/mol. The lowest BCUT2D eigenvalue weighted by Gasteiger charge is -2.16. The minimum atomic E-state index is -0.490. The zero-order chi connectivity index (χ0) is 21.1. The van der Waals surface area contributed by atoms with E-state index in [4.69, 9.17) is 9.47 Å². The number of carbonyl (C=O) groups excluding carboxylic acids is 2. The Balaban J connectivity index is 1.93. The highest BCUT2D eigenvalue weighted by Crippen LogP contribution is 2.39. The van der Waals surface area contributed by atoms with Crippen molar-refractivity contribution in [2.75, 3.05) is 7.11 Å². The van der Waals surface area contributed by atoms with Crippen LogP contribution >= 0.6 is 0 Å². The summed E-state index contributed by atoms with van der Waals surface area (Å²) in [6.07, 6.45) is 0. The van der Waals surface area contributed by atoms with Crippen LogP contribution in [0.4, 0.5) is 0 Å². The van der Waals surface area contributed by atoms with Crippen molar-refractivity contribution < 1.29 is 19.1 Å². The second-order valence-electron chi connectivity index (χ2n) is 6.87. The SMILES string of the molecule is COC(=O)c1cc(OC(C)=O)c2ccccc2c1-c1ccc(-c2ccccc2)cc1. The van der Waals surface area contributed by atoms with E-state index in [1.165, 1.54) is 14.0 Å². The van der Waals surface area contributed by atoms with Crippen LogP contribution in [0.5, 0.6) is 5.75 Å². The van der Waals surface area contributed by atoms with Crippen LogP contribution in [0, 0.1) is 0 Å². The number of hydrogen-bond donors (Lipinski definition) is 0. The van der Waals surface area contributed by atoms with Gasteiger partial charge < -0.3 is 9.47 Å². The van der Waals surface area contributed by atoms with E-state index in [-0.39, 0.29) is 0 Å². The van der Waals surface area contributed by atoms with Gasteiger partial charge in [-0.2, -0.15) is 0 Å². The summed E-state index contributed by atoms with van der Waals surface area (Å²) in [7, 11) is 1.34. The van der Waals surface area contributed by atoms with Gasteiger partial charge in [0.15, 0.2) is 0 Å². The molecule has 0 aliphatic rings. The largest absolute Gasteiger partial charge is 0.465 e. The van der Waals surface area contributed by atoms with E-state index in [0.29, 0.717) is 11.3 Å². The number of rotatable bonds is 4. The molecular formula is C26H20O4. The summed E-state index contributed by atoms with van der Waals surface area (Å²) >= 11 is 0. The van der Waals surface area contributed by atoms with Gasteiger partial charge in [0.25, 0.3) is 0 Å². The molecule has 0 aliphatic heterocycles. The summed E-state index contributed by atoms with van der Waals surface area (Å²) in [5.74, 6) is -0.602. The third-order valence-corrected chi connectivity index (χ3v) is 4.95. The van der Waals surface area contributed by atoms with Crippen molar-refractivity contribution in [3.05, 3.63) is 90.5 Å². The maximum atomic E-state index is 12.6. The molecule has 0 amide bonds. The molecule has 0 fully saturated rings. The fourth-order valence-corrected chi connectivity index (χ4v) is 3.62. The lowest BCUT2D eigenvalue weighted by atomic mass is 9.91. The molecule has 4 aromatic carbocycles. The lowest BCUT2D eigenvalue weighted by molar-refractivity contribution is -0.131. The Morgan fingerprint density at radius 2 is 1.27 bits per heavy atom. The molecule has 4 aromatic rings. The first kappa shape index (κ1) is 19.4. The van der Waals surface area contributed by atoms with Gasteiger partial charge in [0.05, 0.1) is 12.7 Å². The van der Waals surface area contributed by atoms with Crippen molar-refractivity contribution in [2.45, 2.75) is 6.92 Å². The lowest BCUT2D eigenvalue weighted by Crippen LogP contribution is -2.08. The van der Waals surface area contributed by atoms with Crippen molar-refractivity contribution in [3.8, 4) is 28.0 Å². The average Bonchev–Trinajstić information content (AvgIpc) is 2.79. The summed E-state index contributed by atoms with van der Waals surface area (Å²) in [5.41, 5.74) is 4.17. The topological polar surface area (TPSA) is 52.6 Å². The summed E-state index contributed by atoms with van der Waals surface area (Å²) < 4.78 is 10.4. The molecule has 0 atom stereocenters. The van der Waals surface area contributed by atoms with Crippen molar-refractivity contribution in [1.29, 1.82) is 0 Å². The molecule has 0 aromatic heterocycles. The van der Waals surface area contributed by atoms with Crippen LogP contribution < -0.4 is 4.74 Å². The van der Waals surface area contributed by atoms with Gasteiger partial charge in [-0.15, -0.1) is 0 Å². The van der Waals surface area contributed by atoms with Gasteiger partial charge in [0.1, 0.15) is 5.75 Å². The Morgan fingerprint density at radius 3 is 1.90 bits per heavy atom. The maximum Gasteiger partial charge on any atom is 0.338 e. The number of carbonyl (C=O) groups is 2. The first-order valence-corrected chi connectivity index (χ1v) is 9.57. The minimum Gasteiger partial charge on any atom is -0.465 e. The smallest absolute Gasteiger partial charge is 0.338 e. The van der Waals surface area contributed by atoms with Crippen LogP contribution in [0.2, 0.25) is 0 Å². The third kappa shape index (κ3) is 3.67. The van der Waals surface area contributed by atoms with E-state index in [9.17, 15) is 9.59 Å². The summed E-state index contributed by atoms with van der Waals surface area (Å²) in [5, 5.41) is 1.56. The molecule has 4 nitrogen and oxygen atoms in total. The highest BCUT2D eigenvalue weighted by atomic mass is 16.5. The Labute approximate surface area is 174 Å². The Bertz CT molecular complexity index is 1230. The fourth-order valence-electron chi connectivity index (χ4n) is 3.62. The first-order chi connectivity index (χ1) is 14.6. The van der Waals surface area contributed by atoms with Crippen molar-refractivity contribution >= 4 is 22.7 Å². The normalized spacial score (nSPS) is 10.6. The molecule has 0 radical (unpaired) electrons. The molecule has 0 saturated heterocycles. The third-order valence-electron chi connectivity index (χ3n) is 4.95. The number of hydrogen-bond acceptors (Lipinski definition) is 4. The maximum absolute atomic E-state index is 12.6. The number of benzene rings is 4. The molecule has 30 heavy (non-hydrogen) atoms. The molecule has 0 aliphatic carbocycles. The van der Waals surface area contributed by atoms with Crippen LogP contribution in [0.15, 0.2) is 84.9 Å². The van der Waals surface area contributed by atoms with E-state index in [1.54, 1.807) is 6.07 Å². The number of fused-ring (bicyclic) bond motifs is 1. The van der Waals surface area contributed by atoms with Gasteiger partial charge in [-0.05, 0) is 28.1 Å². The summed E-state index contributed by atoms with van der Waals surface area (Å²) in [4.78, 5) is 24.2. The Kier molecular flexibility index (Phi) is 5.31. The molecule has 0 spiro atoms. The quantitative estimate of drug-likeness (QED) is 0.319. The second kappa shape index (κ2) is 8.21. The van der Waals surface area contributed by atoms with Crippen LogP contribution in [0.25, 0.3) is 33.0 Å². The Morgan fingerprint density at radius 1 is 0.700 bits per heavy atom. The van der Waals surface area contributed by atoms with Gasteiger partial charge in [-0.1, -0.05) is 78.9 Å². The monoisotopic (exact) mass is 396 g/mol.